The van der Waals surface area contributed by atoms with Gasteiger partial charge in [-0.25, -0.2) is 4.98 Å². The minimum atomic E-state index is 0.0374. The first-order valence-corrected chi connectivity index (χ1v) is 8.74. The number of methoxy groups -OCH3 is 1. The second-order valence-corrected chi connectivity index (χ2v) is 7.17. The second-order valence-electron chi connectivity index (χ2n) is 7.17. The van der Waals surface area contributed by atoms with E-state index in [4.69, 9.17) is 4.74 Å². The SMILES string of the molecule is COc1ccc(C(=O)N2CC3CC(C2)[C@H]2CCCC(=O)N2C3)cn1. The maximum Gasteiger partial charge on any atom is 0.255 e. The topological polar surface area (TPSA) is 62.7 Å². The number of piperidine rings is 3. The van der Waals surface area contributed by atoms with Crippen LogP contribution in [-0.2, 0) is 4.79 Å². The monoisotopic (exact) mass is 329 g/mol. The fraction of sp³-hybridized carbons (Fsp3) is 0.611. The Bertz CT molecular complexity index is 645. The lowest BCUT2D eigenvalue weighted by Crippen LogP contribution is -2.61. The van der Waals surface area contributed by atoms with Crippen LogP contribution >= 0.6 is 0 Å². The Morgan fingerprint density at radius 2 is 2.17 bits per heavy atom. The van der Waals surface area contributed by atoms with Gasteiger partial charge in [0.1, 0.15) is 0 Å². The molecule has 0 N–H and O–H groups in total. The van der Waals surface area contributed by atoms with E-state index in [0.29, 0.717) is 41.6 Å². The molecule has 128 valence electrons. The van der Waals surface area contributed by atoms with Crippen molar-refractivity contribution in [1.82, 2.24) is 14.8 Å². The van der Waals surface area contributed by atoms with Gasteiger partial charge >= 0.3 is 0 Å². The average molecular weight is 329 g/mol. The van der Waals surface area contributed by atoms with E-state index in [-0.39, 0.29) is 5.91 Å². The Morgan fingerprint density at radius 1 is 1.29 bits per heavy atom. The first kappa shape index (κ1) is 15.4. The molecule has 3 aliphatic heterocycles. The van der Waals surface area contributed by atoms with Crippen LogP contribution in [0.15, 0.2) is 18.3 Å². The van der Waals surface area contributed by atoms with Crippen LogP contribution in [0.3, 0.4) is 0 Å². The summed E-state index contributed by atoms with van der Waals surface area (Å²) in [5.74, 6) is 1.67. The summed E-state index contributed by atoms with van der Waals surface area (Å²) in [6.45, 7) is 2.29. The van der Waals surface area contributed by atoms with Crippen LogP contribution in [0.5, 0.6) is 5.88 Å². The quantitative estimate of drug-likeness (QED) is 0.826. The molecule has 0 saturated carbocycles. The highest BCUT2D eigenvalue weighted by molar-refractivity contribution is 5.94. The predicted octanol–water partition coefficient (Wildman–Crippen LogP) is 1.56. The van der Waals surface area contributed by atoms with Crippen molar-refractivity contribution in [3.63, 3.8) is 0 Å². The lowest BCUT2D eigenvalue weighted by atomic mass is 9.76. The van der Waals surface area contributed by atoms with E-state index >= 15 is 0 Å². The molecule has 2 unspecified atom stereocenters. The molecule has 6 nitrogen and oxygen atoms in total. The summed E-state index contributed by atoms with van der Waals surface area (Å²) < 4.78 is 5.05. The highest BCUT2D eigenvalue weighted by Crippen LogP contribution is 2.38. The molecular formula is C18H23N3O3. The zero-order chi connectivity index (χ0) is 16.7. The average Bonchev–Trinajstić information content (AvgIpc) is 2.62. The van der Waals surface area contributed by atoms with E-state index in [2.05, 4.69) is 9.88 Å². The zero-order valence-electron chi connectivity index (χ0n) is 14.0. The molecule has 0 radical (unpaired) electrons. The van der Waals surface area contributed by atoms with Gasteiger partial charge in [0.05, 0.1) is 12.7 Å². The Balaban J connectivity index is 1.50. The third kappa shape index (κ3) is 2.64. The Hall–Kier alpha value is -2.11. The molecule has 3 saturated heterocycles. The third-order valence-electron chi connectivity index (χ3n) is 5.66. The van der Waals surface area contributed by atoms with E-state index in [1.165, 1.54) is 0 Å². The number of hydrogen-bond acceptors (Lipinski definition) is 4. The van der Waals surface area contributed by atoms with Crippen LogP contribution in [0, 0.1) is 11.8 Å². The minimum Gasteiger partial charge on any atom is -0.481 e. The van der Waals surface area contributed by atoms with Gasteiger partial charge in [0.2, 0.25) is 11.8 Å². The zero-order valence-corrected chi connectivity index (χ0v) is 14.0. The summed E-state index contributed by atoms with van der Waals surface area (Å²) in [7, 11) is 1.56. The molecule has 3 fully saturated rings. The summed E-state index contributed by atoms with van der Waals surface area (Å²) in [6.07, 6.45) is 5.48. The second kappa shape index (κ2) is 6.07. The standard InChI is InChI=1S/C18H23N3O3/c1-24-16-6-5-13(8-19-16)18(23)20-9-12-7-14(11-20)15-3-2-4-17(22)21(15)10-12/h5-6,8,12,14-15H,2-4,7,9-11H2,1H3/t12?,14?,15-/m1/s1. The summed E-state index contributed by atoms with van der Waals surface area (Å²) >= 11 is 0. The molecule has 2 bridgehead atoms. The lowest BCUT2D eigenvalue weighted by molar-refractivity contribution is -0.144. The van der Waals surface area contributed by atoms with Crippen LogP contribution < -0.4 is 4.74 Å². The van der Waals surface area contributed by atoms with Gasteiger partial charge in [-0.3, -0.25) is 9.59 Å². The molecule has 0 aliphatic carbocycles. The van der Waals surface area contributed by atoms with Crippen LogP contribution in [0.4, 0.5) is 0 Å². The highest BCUT2D eigenvalue weighted by atomic mass is 16.5. The fourth-order valence-corrected chi connectivity index (χ4v) is 4.59. The number of likely N-dealkylation sites (tertiary alicyclic amines) is 1. The molecule has 0 spiro atoms. The van der Waals surface area contributed by atoms with E-state index in [1.54, 1.807) is 25.4 Å². The molecule has 4 rings (SSSR count). The van der Waals surface area contributed by atoms with E-state index < -0.39 is 0 Å². The highest BCUT2D eigenvalue weighted by Gasteiger charge is 2.44. The third-order valence-corrected chi connectivity index (χ3v) is 5.66. The van der Waals surface area contributed by atoms with Crippen molar-refractivity contribution in [1.29, 1.82) is 0 Å². The lowest BCUT2D eigenvalue weighted by Gasteiger charge is -2.52. The molecule has 0 aromatic carbocycles. The Labute approximate surface area is 141 Å². The number of nitrogens with zero attached hydrogens (tertiary/aromatic N) is 3. The Morgan fingerprint density at radius 3 is 2.92 bits per heavy atom. The molecule has 3 atom stereocenters. The first-order chi connectivity index (χ1) is 11.7. The van der Waals surface area contributed by atoms with Gasteiger partial charge in [0.15, 0.2) is 0 Å². The van der Waals surface area contributed by atoms with Crippen molar-refractivity contribution < 1.29 is 14.3 Å². The molecule has 6 heteroatoms. The molecule has 2 amide bonds. The van der Waals surface area contributed by atoms with Crippen molar-refractivity contribution in [2.45, 2.75) is 31.7 Å². The van der Waals surface area contributed by atoms with Gasteiger partial charge < -0.3 is 14.5 Å². The molecular weight excluding hydrogens is 306 g/mol. The van der Waals surface area contributed by atoms with Crippen molar-refractivity contribution >= 4 is 11.8 Å². The van der Waals surface area contributed by atoms with E-state index in [0.717, 1.165) is 38.9 Å². The van der Waals surface area contributed by atoms with Crippen molar-refractivity contribution in [2.75, 3.05) is 26.7 Å². The number of carbonyl (C=O) groups is 2. The summed E-state index contributed by atoms with van der Waals surface area (Å²) in [5, 5.41) is 0. The molecule has 24 heavy (non-hydrogen) atoms. The van der Waals surface area contributed by atoms with Crippen LogP contribution in [0.2, 0.25) is 0 Å². The normalized spacial score (nSPS) is 29.2. The van der Waals surface area contributed by atoms with Crippen molar-refractivity contribution in [2.24, 2.45) is 11.8 Å². The van der Waals surface area contributed by atoms with E-state index in [1.807, 2.05) is 4.90 Å². The largest absolute Gasteiger partial charge is 0.481 e. The number of hydrogen-bond donors (Lipinski definition) is 0. The number of amides is 2. The Kier molecular flexibility index (Phi) is 3.90. The number of rotatable bonds is 2. The predicted molar refractivity (Wildman–Crippen MR) is 87.6 cm³/mol. The molecule has 3 aliphatic rings. The fourth-order valence-electron chi connectivity index (χ4n) is 4.59. The van der Waals surface area contributed by atoms with Crippen LogP contribution in [0.25, 0.3) is 0 Å². The van der Waals surface area contributed by atoms with Gasteiger partial charge in [-0.2, -0.15) is 0 Å². The summed E-state index contributed by atoms with van der Waals surface area (Å²) in [5.41, 5.74) is 0.604. The van der Waals surface area contributed by atoms with Gasteiger partial charge in [-0.05, 0) is 37.2 Å². The molecule has 1 aromatic rings. The molecule has 1 aromatic heterocycles. The first-order valence-electron chi connectivity index (χ1n) is 8.74. The van der Waals surface area contributed by atoms with Gasteiger partial charge in [-0.1, -0.05) is 0 Å². The number of ether oxygens (including phenoxy) is 1. The van der Waals surface area contributed by atoms with Crippen LogP contribution in [-0.4, -0.2) is 59.4 Å². The summed E-state index contributed by atoms with van der Waals surface area (Å²) in [6, 6.07) is 3.82. The maximum absolute atomic E-state index is 12.8. The van der Waals surface area contributed by atoms with E-state index in [9.17, 15) is 9.59 Å². The van der Waals surface area contributed by atoms with Crippen molar-refractivity contribution in [3.8, 4) is 5.88 Å². The number of fused-ring (bicyclic) bond motifs is 4. The number of carbonyl (C=O) groups excluding carboxylic acids is 2. The van der Waals surface area contributed by atoms with Gasteiger partial charge in [0.25, 0.3) is 5.91 Å². The van der Waals surface area contributed by atoms with Gasteiger partial charge in [-0.15, -0.1) is 0 Å². The smallest absolute Gasteiger partial charge is 0.255 e. The van der Waals surface area contributed by atoms with Crippen LogP contribution in [0.1, 0.15) is 36.0 Å². The number of pyridine rings is 1. The maximum atomic E-state index is 12.8. The van der Waals surface area contributed by atoms with Crippen molar-refractivity contribution in [3.05, 3.63) is 23.9 Å². The number of aromatic nitrogens is 1. The minimum absolute atomic E-state index is 0.0374. The molecule has 4 heterocycles. The summed E-state index contributed by atoms with van der Waals surface area (Å²) in [4.78, 5) is 33.2. The van der Waals surface area contributed by atoms with Gasteiger partial charge in [0, 0.05) is 44.4 Å².